The second kappa shape index (κ2) is 5.29. The molecule has 88 valence electrons. The van der Waals surface area contributed by atoms with Crippen LogP contribution in [0.25, 0.3) is 0 Å². The summed E-state index contributed by atoms with van der Waals surface area (Å²) in [7, 11) is 0. The molecule has 17 heavy (non-hydrogen) atoms. The minimum Gasteiger partial charge on any atom is -0.486 e. The zero-order chi connectivity index (χ0) is 12.3. The van der Waals surface area contributed by atoms with Crippen molar-refractivity contribution in [3.8, 4) is 5.75 Å². The van der Waals surface area contributed by atoms with Gasteiger partial charge < -0.3 is 9.84 Å². The van der Waals surface area contributed by atoms with E-state index in [1.165, 1.54) is 6.20 Å². The van der Waals surface area contributed by atoms with Gasteiger partial charge in [-0.2, -0.15) is 0 Å². The van der Waals surface area contributed by atoms with E-state index in [9.17, 15) is 4.79 Å². The van der Waals surface area contributed by atoms with Gasteiger partial charge >= 0.3 is 5.97 Å². The van der Waals surface area contributed by atoms with Crippen LogP contribution in [-0.4, -0.2) is 16.1 Å². The Morgan fingerprint density at radius 3 is 2.94 bits per heavy atom. The third-order valence-electron chi connectivity index (χ3n) is 1.97. The van der Waals surface area contributed by atoms with Crippen LogP contribution >= 0.6 is 27.3 Å². The number of hydrogen-bond donors (Lipinski definition) is 1. The SMILES string of the molecule is O=C(O)c1ncccc1OCc1ccc(Br)s1. The van der Waals surface area contributed by atoms with Gasteiger partial charge in [-0.05, 0) is 40.2 Å². The van der Waals surface area contributed by atoms with E-state index in [0.717, 1.165) is 8.66 Å². The largest absolute Gasteiger partial charge is 0.486 e. The van der Waals surface area contributed by atoms with Crippen molar-refractivity contribution in [2.75, 3.05) is 0 Å². The predicted molar refractivity (Wildman–Crippen MR) is 67.5 cm³/mol. The van der Waals surface area contributed by atoms with Gasteiger partial charge in [-0.25, -0.2) is 9.78 Å². The van der Waals surface area contributed by atoms with Crippen LogP contribution in [0.15, 0.2) is 34.2 Å². The lowest BCUT2D eigenvalue weighted by Gasteiger charge is -2.06. The molecule has 0 saturated carbocycles. The van der Waals surface area contributed by atoms with Crippen LogP contribution in [0.4, 0.5) is 0 Å². The highest BCUT2D eigenvalue weighted by molar-refractivity contribution is 9.11. The first-order valence-corrected chi connectivity index (χ1v) is 6.33. The van der Waals surface area contributed by atoms with Gasteiger partial charge in [0.05, 0.1) is 3.79 Å². The Hall–Kier alpha value is -1.40. The lowest BCUT2D eigenvalue weighted by Crippen LogP contribution is -2.04. The van der Waals surface area contributed by atoms with Crippen molar-refractivity contribution in [2.45, 2.75) is 6.61 Å². The highest BCUT2D eigenvalue weighted by atomic mass is 79.9. The first-order chi connectivity index (χ1) is 8.16. The lowest BCUT2D eigenvalue weighted by molar-refractivity contribution is 0.0685. The van der Waals surface area contributed by atoms with Gasteiger partial charge in [0, 0.05) is 11.1 Å². The number of carbonyl (C=O) groups is 1. The van der Waals surface area contributed by atoms with Crippen molar-refractivity contribution >= 4 is 33.2 Å². The molecule has 6 heteroatoms. The maximum Gasteiger partial charge on any atom is 0.358 e. The Bertz CT molecular complexity index is 541. The summed E-state index contributed by atoms with van der Waals surface area (Å²) in [5, 5.41) is 8.92. The second-order valence-corrected chi connectivity index (χ2v) is 5.70. The first-order valence-electron chi connectivity index (χ1n) is 4.72. The second-order valence-electron chi connectivity index (χ2n) is 3.15. The number of aromatic carboxylic acids is 1. The normalized spacial score (nSPS) is 10.2. The van der Waals surface area contributed by atoms with Crippen LogP contribution in [0.2, 0.25) is 0 Å². The van der Waals surface area contributed by atoms with E-state index in [-0.39, 0.29) is 11.4 Å². The van der Waals surface area contributed by atoms with Crippen molar-refractivity contribution in [2.24, 2.45) is 0 Å². The fourth-order valence-corrected chi connectivity index (χ4v) is 2.64. The van der Waals surface area contributed by atoms with E-state index in [1.54, 1.807) is 23.5 Å². The summed E-state index contributed by atoms with van der Waals surface area (Å²) in [4.78, 5) is 15.7. The van der Waals surface area contributed by atoms with Crippen molar-refractivity contribution in [3.05, 3.63) is 44.8 Å². The number of ether oxygens (including phenoxy) is 1. The summed E-state index contributed by atoms with van der Waals surface area (Å²) in [6, 6.07) is 7.08. The molecule has 0 unspecified atom stereocenters. The van der Waals surface area contributed by atoms with E-state index in [0.29, 0.717) is 6.61 Å². The van der Waals surface area contributed by atoms with Crippen molar-refractivity contribution in [3.63, 3.8) is 0 Å². The van der Waals surface area contributed by atoms with E-state index >= 15 is 0 Å². The lowest BCUT2D eigenvalue weighted by atomic mass is 10.3. The van der Waals surface area contributed by atoms with Crippen LogP contribution in [0.3, 0.4) is 0 Å². The summed E-state index contributed by atoms with van der Waals surface area (Å²) in [5.41, 5.74) is -0.0666. The maximum atomic E-state index is 10.9. The van der Waals surface area contributed by atoms with Gasteiger partial charge in [0.1, 0.15) is 6.61 Å². The summed E-state index contributed by atoms with van der Waals surface area (Å²) in [5.74, 6) is -0.808. The van der Waals surface area contributed by atoms with Crippen LogP contribution in [0.1, 0.15) is 15.4 Å². The van der Waals surface area contributed by atoms with Gasteiger partial charge in [0.25, 0.3) is 0 Å². The molecule has 2 aromatic rings. The average Bonchev–Trinajstić information content (AvgIpc) is 2.73. The average molecular weight is 314 g/mol. The van der Waals surface area contributed by atoms with E-state index in [2.05, 4.69) is 20.9 Å². The molecule has 0 radical (unpaired) electrons. The Morgan fingerprint density at radius 2 is 2.29 bits per heavy atom. The van der Waals surface area contributed by atoms with Crippen molar-refractivity contribution < 1.29 is 14.6 Å². The van der Waals surface area contributed by atoms with E-state index in [4.69, 9.17) is 9.84 Å². The molecule has 2 heterocycles. The van der Waals surface area contributed by atoms with Crippen LogP contribution in [0, 0.1) is 0 Å². The van der Waals surface area contributed by atoms with Gasteiger partial charge in [-0.15, -0.1) is 11.3 Å². The van der Waals surface area contributed by atoms with E-state index < -0.39 is 5.97 Å². The topological polar surface area (TPSA) is 59.4 Å². The molecule has 2 rings (SSSR count). The number of halogens is 1. The number of thiophene rings is 1. The minimum absolute atomic E-state index is 0.0666. The molecule has 0 spiro atoms. The zero-order valence-electron chi connectivity index (χ0n) is 8.59. The highest BCUT2D eigenvalue weighted by Crippen LogP contribution is 2.24. The molecule has 0 fully saturated rings. The molecule has 2 aromatic heterocycles. The van der Waals surface area contributed by atoms with Gasteiger partial charge in [-0.1, -0.05) is 0 Å². The molecule has 0 aromatic carbocycles. The smallest absolute Gasteiger partial charge is 0.358 e. The highest BCUT2D eigenvalue weighted by Gasteiger charge is 2.12. The fourth-order valence-electron chi connectivity index (χ4n) is 1.25. The van der Waals surface area contributed by atoms with Crippen LogP contribution in [0.5, 0.6) is 5.75 Å². The predicted octanol–water partition coefficient (Wildman–Crippen LogP) is 3.18. The summed E-state index contributed by atoms with van der Waals surface area (Å²) in [6.45, 7) is 0.336. The van der Waals surface area contributed by atoms with Crippen molar-refractivity contribution in [1.82, 2.24) is 4.98 Å². The number of carboxylic acids is 1. The summed E-state index contributed by atoms with van der Waals surface area (Å²) in [6.07, 6.45) is 1.43. The molecule has 0 atom stereocenters. The Kier molecular flexibility index (Phi) is 3.75. The van der Waals surface area contributed by atoms with Gasteiger partial charge in [0.2, 0.25) is 0 Å². The quantitative estimate of drug-likeness (QED) is 0.941. The summed E-state index contributed by atoms with van der Waals surface area (Å²) < 4.78 is 6.46. The number of pyridine rings is 1. The van der Waals surface area contributed by atoms with Crippen LogP contribution < -0.4 is 4.74 Å². The monoisotopic (exact) mass is 313 g/mol. The molecule has 1 N–H and O–H groups in total. The van der Waals surface area contributed by atoms with E-state index in [1.807, 2.05) is 12.1 Å². The van der Waals surface area contributed by atoms with Crippen molar-refractivity contribution in [1.29, 1.82) is 0 Å². The number of nitrogens with zero attached hydrogens (tertiary/aromatic N) is 1. The molecule has 0 aliphatic carbocycles. The molecule has 4 nitrogen and oxygen atoms in total. The standard InChI is InChI=1S/C11H8BrNO3S/c12-9-4-3-7(17-9)6-16-8-2-1-5-13-10(8)11(14)15/h1-5H,6H2,(H,14,15). The minimum atomic E-state index is -1.09. The first kappa shape index (κ1) is 12.1. The van der Waals surface area contributed by atoms with Crippen LogP contribution in [-0.2, 0) is 6.61 Å². The number of aromatic nitrogens is 1. The number of hydrogen-bond acceptors (Lipinski definition) is 4. The third kappa shape index (κ3) is 3.04. The number of rotatable bonds is 4. The Balaban J connectivity index is 2.11. The fraction of sp³-hybridized carbons (Fsp3) is 0.0909. The maximum absolute atomic E-state index is 10.9. The summed E-state index contributed by atoms with van der Waals surface area (Å²) >= 11 is 4.90. The molecule has 0 bridgehead atoms. The Morgan fingerprint density at radius 1 is 1.47 bits per heavy atom. The molecule has 0 amide bonds. The van der Waals surface area contributed by atoms with Gasteiger partial charge in [0.15, 0.2) is 11.4 Å². The molecule has 0 aliphatic heterocycles. The molecule has 0 saturated heterocycles. The third-order valence-corrected chi connectivity index (χ3v) is 3.57. The molecular weight excluding hydrogens is 306 g/mol. The molecule has 0 aliphatic rings. The van der Waals surface area contributed by atoms with Gasteiger partial charge in [-0.3, -0.25) is 0 Å². The Labute approximate surface area is 110 Å². The number of carboxylic acid groups (broad SMARTS) is 1. The zero-order valence-corrected chi connectivity index (χ0v) is 11.0. The molecular formula is C11H8BrNO3S.